The van der Waals surface area contributed by atoms with E-state index in [-0.39, 0.29) is 5.91 Å². The van der Waals surface area contributed by atoms with Gasteiger partial charge in [-0.2, -0.15) is 0 Å². The summed E-state index contributed by atoms with van der Waals surface area (Å²) in [6.07, 6.45) is 5.58. The smallest absolute Gasteiger partial charge is 0.258 e. The third-order valence-corrected chi connectivity index (χ3v) is 6.46. The predicted molar refractivity (Wildman–Crippen MR) is 111 cm³/mol. The molecule has 0 bridgehead atoms. The van der Waals surface area contributed by atoms with E-state index in [4.69, 9.17) is 4.98 Å². The van der Waals surface area contributed by atoms with Crippen LogP contribution in [0.2, 0.25) is 0 Å². The van der Waals surface area contributed by atoms with Crippen molar-refractivity contribution in [2.75, 3.05) is 13.6 Å². The van der Waals surface area contributed by atoms with Gasteiger partial charge in [-0.1, -0.05) is 18.2 Å². The summed E-state index contributed by atoms with van der Waals surface area (Å²) in [5.74, 6) is -0.261. The van der Waals surface area contributed by atoms with Crippen molar-refractivity contribution < 1.29 is 9.90 Å². The summed E-state index contributed by atoms with van der Waals surface area (Å²) in [7, 11) is 1.71. The van der Waals surface area contributed by atoms with Crippen molar-refractivity contribution >= 4 is 28.4 Å². The highest BCUT2D eigenvalue weighted by molar-refractivity contribution is 7.15. The number of aromatic amines is 1. The number of likely N-dealkylation sites (tertiary alicyclic amines) is 1. The Morgan fingerprint density at radius 3 is 2.90 bits per heavy atom. The van der Waals surface area contributed by atoms with Gasteiger partial charge in [0.25, 0.3) is 5.91 Å². The van der Waals surface area contributed by atoms with Gasteiger partial charge < -0.3 is 15.0 Å². The van der Waals surface area contributed by atoms with E-state index < -0.39 is 5.60 Å². The highest BCUT2D eigenvalue weighted by atomic mass is 32.1. The third kappa shape index (κ3) is 2.75. The first-order chi connectivity index (χ1) is 14.0. The van der Waals surface area contributed by atoms with Crippen LogP contribution in [0.15, 0.2) is 42.9 Å². The average Bonchev–Trinajstić information content (AvgIpc) is 3.41. The Bertz CT molecular complexity index is 1250. The summed E-state index contributed by atoms with van der Waals surface area (Å²) in [4.78, 5) is 31.8. The van der Waals surface area contributed by atoms with E-state index in [9.17, 15) is 9.90 Å². The Morgan fingerprint density at radius 1 is 1.28 bits per heavy atom. The summed E-state index contributed by atoms with van der Waals surface area (Å²) in [5.41, 5.74) is 3.28. The molecule has 0 radical (unpaired) electrons. The van der Waals surface area contributed by atoms with Gasteiger partial charge in [-0.05, 0) is 18.6 Å². The largest absolute Gasteiger partial charge is 0.375 e. The van der Waals surface area contributed by atoms with Gasteiger partial charge in [0.1, 0.15) is 10.5 Å². The Balaban J connectivity index is 1.57. The van der Waals surface area contributed by atoms with Crippen molar-refractivity contribution in [2.24, 2.45) is 0 Å². The van der Waals surface area contributed by atoms with Crippen LogP contribution in [0.25, 0.3) is 33.0 Å². The predicted octanol–water partition coefficient (Wildman–Crippen LogP) is 3.11. The molecule has 146 valence electrons. The van der Waals surface area contributed by atoms with Gasteiger partial charge in [0.2, 0.25) is 0 Å². The van der Waals surface area contributed by atoms with Crippen LogP contribution in [-0.4, -0.2) is 49.4 Å². The molecule has 1 atom stereocenters. The maximum Gasteiger partial charge on any atom is 0.258 e. The van der Waals surface area contributed by atoms with Crippen molar-refractivity contribution in [1.82, 2.24) is 24.8 Å². The molecule has 0 saturated carbocycles. The van der Waals surface area contributed by atoms with Crippen LogP contribution < -0.4 is 0 Å². The van der Waals surface area contributed by atoms with Gasteiger partial charge in [-0.3, -0.25) is 9.78 Å². The molecule has 1 unspecified atom stereocenters. The molecule has 3 aromatic heterocycles. The fraction of sp³-hybridized carbons (Fsp3) is 0.238. The molecule has 1 aliphatic heterocycles. The molecule has 1 saturated heterocycles. The lowest BCUT2D eigenvalue weighted by Gasteiger charge is -2.21. The molecule has 4 aromatic rings. The topological polar surface area (TPSA) is 95.0 Å². The number of thiazole rings is 1. The quantitative estimate of drug-likeness (QED) is 0.546. The molecule has 29 heavy (non-hydrogen) atoms. The van der Waals surface area contributed by atoms with Crippen LogP contribution in [0.1, 0.15) is 16.9 Å². The van der Waals surface area contributed by atoms with Crippen molar-refractivity contribution in [2.45, 2.75) is 18.9 Å². The SMILES string of the molecule is Cc1sc(-c2c[nH]c3nccnc23)nc1-c1cccc(C2(O)CCN(C)C2=O)c1. The number of hydrogen-bond acceptors (Lipinski definition) is 6. The first-order valence-electron chi connectivity index (χ1n) is 9.32. The summed E-state index contributed by atoms with van der Waals surface area (Å²) in [5, 5.41) is 11.8. The number of nitrogens with zero attached hydrogens (tertiary/aromatic N) is 4. The zero-order chi connectivity index (χ0) is 20.2. The second-order valence-corrected chi connectivity index (χ2v) is 8.50. The number of likely N-dealkylation sites (N-methyl/N-ethyl adjacent to an activating group) is 1. The number of carbonyl (C=O) groups excluding carboxylic acids is 1. The molecule has 1 amide bonds. The fourth-order valence-electron chi connectivity index (χ4n) is 3.84. The number of amides is 1. The summed E-state index contributed by atoms with van der Waals surface area (Å²) in [6.45, 7) is 2.56. The summed E-state index contributed by atoms with van der Waals surface area (Å²) < 4.78 is 0. The van der Waals surface area contributed by atoms with Crippen LogP contribution in [0.3, 0.4) is 0 Å². The zero-order valence-electron chi connectivity index (χ0n) is 16.0. The molecule has 4 heterocycles. The minimum Gasteiger partial charge on any atom is -0.375 e. The van der Waals surface area contributed by atoms with Gasteiger partial charge in [-0.15, -0.1) is 11.3 Å². The van der Waals surface area contributed by atoms with Gasteiger partial charge in [0, 0.05) is 49.0 Å². The molecule has 2 N–H and O–H groups in total. The molecular formula is C21H19N5O2S. The lowest BCUT2D eigenvalue weighted by Crippen LogP contribution is -2.36. The van der Waals surface area contributed by atoms with E-state index in [1.807, 2.05) is 31.3 Å². The first kappa shape index (κ1) is 18.0. The number of carbonyl (C=O) groups is 1. The molecule has 5 rings (SSSR count). The Hall–Kier alpha value is -3.10. The Kier molecular flexibility index (Phi) is 4.01. The number of aromatic nitrogens is 4. The number of H-pyrrole nitrogens is 1. The number of rotatable bonds is 3. The van der Waals surface area contributed by atoms with Crippen molar-refractivity contribution in [3.63, 3.8) is 0 Å². The summed E-state index contributed by atoms with van der Waals surface area (Å²) in [6, 6.07) is 7.50. The molecule has 1 aliphatic rings. The Morgan fingerprint density at radius 2 is 2.10 bits per heavy atom. The normalized spacial score (nSPS) is 19.4. The average molecular weight is 405 g/mol. The van der Waals surface area contributed by atoms with Gasteiger partial charge >= 0.3 is 0 Å². The van der Waals surface area contributed by atoms with Crippen LogP contribution in [0.5, 0.6) is 0 Å². The molecule has 1 aromatic carbocycles. The Labute approximate surface area is 171 Å². The maximum absolute atomic E-state index is 12.5. The molecule has 1 fully saturated rings. The summed E-state index contributed by atoms with van der Waals surface area (Å²) >= 11 is 1.58. The third-order valence-electron chi connectivity index (χ3n) is 5.46. The zero-order valence-corrected chi connectivity index (χ0v) is 16.8. The van der Waals surface area contributed by atoms with Crippen LogP contribution in [0, 0.1) is 6.92 Å². The van der Waals surface area contributed by atoms with E-state index in [1.165, 1.54) is 0 Å². The van der Waals surface area contributed by atoms with E-state index in [2.05, 4.69) is 15.0 Å². The number of nitrogens with one attached hydrogen (secondary N) is 1. The monoisotopic (exact) mass is 405 g/mol. The van der Waals surface area contributed by atoms with Gasteiger partial charge in [-0.25, -0.2) is 9.97 Å². The minimum absolute atomic E-state index is 0.261. The van der Waals surface area contributed by atoms with Gasteiger partial charge in [0.05, 0.1) is 11.3 Å². The number of fused-ring (bicyclic) bond motifs is 1. The second-order valence-electron chi connectivity index (χ2n) is 7.30. The standard InChI is InChI=1S/C21H19N5O2S/c1-12-16(25-19(29-12)15-11-24-18-17(15)22-7-8-23-18)13-4-3-5-14(10-13)21(28)6-9-26(2)20(21)27/h3-5,7-8,10-11,28H,6,9H2,1-2H3,(H,23,24). The molecule has 8 heteroatoms. The number of aryl methyl sites for hydroxylation is 1. The number of aliphatic hydroxyl groups is 1. The maximum atomic E-state index is 12.5. The van der Waals surface area contributed by atoms with Crippen LogP contribution >= 0.6 is 11.3 Å². The van der Waals surface area contributed by atoms with E-state index in [1.54, 1.807) is 41.7 Å². The number of hydrogen-bond donors (Lipinski definition) is 2. The van der Waals surface area contributed by atoms with Crippen molar-refractivity contribution in [1.29, 1.82) is 0 Å². The lowest BCUT2D eigenvalue weighted by molar-refractivity contribution is -0.143. The molecule has 7 nitrogen and oxygen atoms in total. The van der Waals surface area contributed by atoms with E-state index in [0.29, 0.717) is 18.5 Å². The van der Waals surface area contributed by atoms with E-state index in [0.717, 1.165) is 37.9 Å². The van der Waals surface area contributed by atoms with Crippen molar-refractivity contribution in [3.05, 3.63) is 53.3 Å². The van der Waals surface area contributed by atoms with Crippen LogP contribution in [-0.2, 0) is 10.4 Å². The number of benzene rings is 1. The van der Waals surface area contributed by atoms with E-state index >= 15 is 0 Å². The molecular weight excluding hydrogens is 386 g/mol. The minimum atomic E-state index is -1.47. The first-order valence-corrected chi connectivity index (χ1v) is 10.1. The molecule has 0 aliphatic carbocycles. The fourth-order valence-corrected chi connectivity index (χ4v) is 4.79. The lowest BCUT2D eigenvalue weighted by atomic mass is 9.90. The highest BCUT2D eigenvalue weighted by Gasteiger charge is 2.45. The van der Waals surface area contributed by atoms with Crippen LogP contribution in [0.4, 0.5) is 0 Å². The second kappa shape index (κ2) is 6.47. The molecule has 0 spiro atoms. The highest BCUT2D eigenvalue weighted by Crippen LogP contribution is 2.38. The van der Waals surface area contributed by atoms with Gasteiger partial charge in [0.15, 0.2) is 11.2 Å². The van der Waals surface area contributed by atoms with Crippen molar-refractivity contribution in [3.8, 4) is 21.8 Å².